The van der Waals surface area contributed by atoms with Gasteiger partial charge in [-0.25, -0.2) is 4.98 Å². The van der Waals surface area contributed by atoms with Crippen molar-refractivity contribution in [3.63, 3.8) is 0 Å². The lowest BCUT2D eigenvalue weighted by Gasteiger charge is -2.25. The number of likely N-dealkylation sites (N-methyl/N-ethyl adjacent to an activating group) is 1. The molecule has 1 aromatic carbocycles. The minimum Gasteiger partial charge on any atom is -0.486 e. The van der Waals surface area contributed by atoms with Crippen molar-refractivity contribution in [2.24, 2.45) is 0 Å². The Bertz CT molecular complexity index is 612. The van der Waals surface area contributed by atoms with Gasteiger partial charge in [0.1, 0.15) is 13.2 Å². The maximum atomic E-state index is 5.84. The molecule has 1 atom stereocenters. The Morgan fingerprint density at radius 2 is 2.19 bits per heavy atom. The zero-order valence-electron chi connectivity index (χ0n) is 12.4. The van der Waals surface area contributed by atoms with Crippen LogP contribution in [0.3, 0.4) is 0 Å². The molecule has 2 heterocycles. The Morgan fingerprint density at radius 3 is 2.95 bits per heavy atom. The summed E-state index contributed by atoms with van der Waals surface area (Å²) >= 11 is 1.69. The average Bonchev–Trinajstić information content (AvgIpc) is 2.91. The summed E-state index contributed by atoms with van der Waals surface area (Å²) in [6.07, 6.45) is 0.859. The standard InChI is InChI=1S/C16H20N2O2S/c1-3-17-14(9-12-10-21-11(2)18-12)13-5-4-6-15-16(13)20-8-7-19-15/h4-6,10,14,17H,3,7-9H2,1-2H3. The van der Waals surface area contributed by atoms with Gasteiger partial charge in [0.15, 0.2) is 11.5 Å². The Labute approximate surface area is 129 Å². The summed E-state index contributed by atoms with van der Waals surface area (Å²) in [6.45, 7) is 6.29. The third-order valence-corrected chi connectivity index (χ3v) is 4.32. The third kappa shape index (κ3) is 3.19. The normalized spacial score (nSPS) is 15.0. The molecule has 0 amide bonds. The van der Waals surface area contributed by atoms with Gasteiger partial charge < -0.3 is 14.8 Å². The fraction of sp³-hybridized carbons (Fsp3) is 0.438. The summed E-state index contributed by atoms with van der Waals surface area (Å²) in [6, 6.07) is 6.29. The van der Waals surface area contributed by atoms with E-state index in [1.165, 1.54) is 0 Å². The second-order valence-corrected chi connectivity index (χ2v) is 6.11. The summed E-state index contributed by atoms with van der Waals surface area (Å²) in [5, 5.41) is 6.77. The van der Waals surface area contributed by atoms with Crippen molar-refractivity contribution in [3.8, 4) is 11.5 Å². The number of para-hydroxylation sites is 1. The van der Waals surface area contributed by atoms with Crippen LogP contribution in [0.2, 0.25) is 0 Å². The number of aryl methyl sites for hydroxylation is 1. The van der Waals surface area contributed by atoms with Gasteiger partial charge in [-0.05, 0) is 19.5 Å². The van der Waals surface area contributed by atoms with E-state index in [1.54, 1.807) is 11.3 Å². The SMILES string of the molecule is CCNC(Cc1csc(C)n1)c1cccc2c1OCCO2. The number of ether oxygens (including phenoxy) is 2. The molecule has 0 fully saturated rings. The molecule has 21 heavy (non-hydrogen) atoms. The predicted molar refractivity (Wildman–Crippen MR) is 84.4 cm³/mol. The molecule has 1 N–H and O–H groups in total. The van der Waals surface area contributed by atoms with Crippen molar-refractivity contribution in [1.29, 1.82) is 0 Å². The number of hydrogen-bond acceptors (Lipinski definition) is 5. The molecule has 1 aliphatic rings. The third-order valence-electron chi connectivity index (χ3n) is 3.50. The minimum atomic E-state index is 0.188. The fourth-order valence-corrected chi connectivity index (χ4v) is 3.25. The number of nitrogens with zero attached hydrogens (tertiary/aromatic N) is 1. The molecule has 0 spiro atoms. The van der Waals surface area contributed by atoms with Crippen molar-refractivity contribution >= 4 is 11.3 Å². The molecule has 0 aliphatic carbocycles. The molecule has 1 aliphatic heterocycles. The average molecular weight is 304 g/mol. The molecule has 112 valence electrons. The van der Waals surface area contributed by atoms with Crippen LogP contribution in [0.4, 0.5) is 0 Å². The van der Waals surface area contributed by atoms with Crippen molar-refractivity contribution < 1.29 is 9.47 Å². The second-order valence-electron chi connectivity index (χ2n) is 5.04. The summed E-state index contributed by atoms with van der Waals surface area (Å²) in [4.78, 5) is 4.58. The van der Waals surface area contributed by atoms with Crippen LogP contribution in [0, 0.1) is 6.92 Å². The lowest BCUT2D eigenvalue weighted by atomic mass is 10.0. The van der Waals surface area contributed by atoms with Gasteiger partial charge in [0.05, 0.1) is 10.7 Å². The Balaban J connectivity index is 1.90. The lowest BCUT2D eigenvalue weighted by molar-refractivity contribution is 0.168. The van der Waals surface area contributed by atoms with Gasteiger partial charge in [-0.2, -0.15) is 0 Å². The first-order chi connectivity index (χ1) is 10.3. The van der Waals surface area contributed by atoms with Gasteiger partial charge in [0.2, 0.25) is 0 Å². The van der Waals surface area contributed by atoms with E-state index in [-0.39, 0.29) is 6.04 Å². The highest BCUT2D eigenvalue weighted by atomic mass is 32.1. The topological polar surface area (TPSA) is 43.4 Å². The van der Waals surface area contributed by atoms with E-state index >= 15 is 0 Å². The molecule has 4 nitrogen and oxygen atoms in total. The molecule has 0 saturated carbocycles. The lowest BCUT2D eigenvalue weighted by Crippen LogP contribution is -2.25. The Hall–Kier alpha value is -1.59. The van der Waals surface area contributed by atoms with Gasteiger partial charge in [0.25, 0.3) is 0 Å². The number of nitrogens with one attached hydrogen (secondary N) is 1. The van der Waals surface area contributed by atoms with E-state index in [0.29, 0.717) is 13.2 Å². The zero-order valence-corrected chi connectivity index (χ0v) is 13.2. The van der Waals surface area contributed by atoms with Gasteiger partial charge in [-0.15, -0.1) is 11.3 Å². The van der Waals surface area contributed by atoms with E-state index in [1.807, 2.05) is 19.1 Å². The zero-order chi connectivity index (χ0) is 14.7. The van der Waals surface area contributed by atoms with Crippen molar-refractivity contribution in [3.05, 3.63) is 39.8 Å². The number of rotatable bonds is 5. The van der Waals surface area contributed by atoms with Crippen LogP contribution >= 0.6 is 11.3 Å². The number of benzene rings is 1. The first-order valence-corrected chi connectivity index (χ1v) is 8.18. The predicted octanol–water partition coefficient (Wildman–Crippen LogP) is 3.12. The van der Waals surface area contributed by atoms with Gasteiger partial charge >= 0.3 is 0 Å². The van der Waals surface area contributed by atoms with E-state index in [9.17, 15) is 0 Å². The first kappa shape index (κ1) is 14.4. The van der Waals surface area contributed by atoms with Crippen LogP contribution in [0.15, 0.2) is 23.6 Å². The maximum Gasteiger partial charge on any atom is 0.166 e. The summed E-state index contributed by atoms with van der Waals surface area (Å²) in [7, 11) is 0. The maximum absolute atomic E-state index is 5.84. The van der Waals surface area contributed by atoms with Crippen molar-refractivity contribution in [2.45, 2.75) is 26.3 Å². The first-order valence-electron chi connectivity index (χ1n) is 7.31. The van der Waals surface area contributed by atoms with E-state index < -0.39 is 0 Å². The van der Waals surface area contributed by atoms with E-state index in [0.717, 1.165) is 40.7 Å². The fourth-order valence-electron chi connectivity index (χ4n) is 2.62. The van der Waals surface area contributed by atoms with Crippen LogP contribution in [0.25, 0.3) is 0 Å². The largest absolute Gasteiger partial charge is 0.486 e. The Kier molecular flexibility index (Phi) is 4.41. The van der Waals surface area contributed by atoms with Crippen LogP contribution in [-0.4, -0.2) is 24.7 Å². The molecular formula is C16H20N2O2S. The summed E-state index contributed by atoms with van der Waals surface area (Å²) < 4.78 is 11.5. The molecule has 1 unspecified atom stereocenters. The van der Waals surface area contributed by atoms with E-state index in [2.05, 4.69) is 28.7 Å². The number of hydrogen-bond donors (Lipinski definition) is 1. The molecule has 2 aromatic rings. The van der Waals surface area contributed by atoms with Crippen LogP contribution in [-0.2, 0) is 6.42 Å². The Morgan fingerprint density at radius 1 is 1.33 bits per heavy atom. The summed E-state index contributed by atoms with van der Waals surface area (Å²) in [5.41, 5.74) is 2.28. The number of fused-ring (bicyclic) bond motifs is 1. The van der Waals surface area contributed by atoms with Crippen LogP contribution < -0.4 is 14.8 Å². The molecule has 0 radical (unpaired) electrons. The quantitative estimate of drug-likeness (QED) is 0.922. The highest BCUT2D eigenvalue weighted by Gasteiger charge is 2.22. The van der Waals surface area contributed by atoms with Gasteiger partial charge in [-0.1, -0.05) is 19.1 Å². The number of aromatic nitrogens is 1. The molecule has 3 rings (SSSR count). The molecular weight excluding hydrogens is 284 g/mol. The van der Waals surface area contributed by atoms with Gasteiger partial charge in [-0.3, -0.25) is 0 Å². The summed E-state index contributed by atoms with van der Waals surface area (Å²) in [5.74, 6) is 1.72. The van der Waals surface area contributed by atoms with Crippen LogP contribution in [0.1, 0.15) is 29.2 Å². The highest BCUT2D eigenvalue weighted by Crippen LogP contribution is 2.37. The molecule has 1 aromatic heterocycles. The van der Waals surface area contributed by atoms with E-state index in [4.69, 9.17) is 9.47 Å². The minimum absolute atomic E-state index is 0.188. The highest BCUT2D eigenvalue weighted by molar-refractivity contribution is 7.09. The van der Waals surface area contributed by atoms with Crippen LogP contribution in [0.5, 0.6) is 11.5 Å². The van der Waals surface area contributed by atoms with Crippen molar-refractivity contribution in [1.82, 2.24) is 10.3 Å². The number of thiazole rings is 1. The van der Waals surface area contributed by atoms with Gasteiger partial charge in [0, 0.05) is 23.4 Å². The molecule has 0 saturated heterocycles. The van der Waals surface area contributed by atoms with Crippen molar-refractivity contribution in [2.75, 3.05) is 19.8 Å². The monoisotopic (exact) mass is 304 g/mol. The molecule has 5 heteroatoms. The second kappa shape index (κ2) is 6.45. The smallest absolute Gasteiger partial charge is 0.166 e. The molecule has 0 bridgehead atoms.